The number of carboxylic acid groups (broad SMARTS) is 2. The van der Waals surface area contributed by atoms with E-state index in [1.54, 1.807) is 7.11 Å². The fourth-order valence-electron chi connectivity index (χ4n) is 5.27. The van der Waals surface area contributed by atoms with Crippen molar-refractivity contribution in [2.75, 3.05) is 52.9 Å². The zero-order valence-corrected chi connectivity index (χ0v) is 19.7. The first-order valence-corrected chi connectivity index (χ1v) is 11.5. The summed E-state index contributed by atoms with van der Waals surface area (Å²) in [6.07, 6.45) is 3.64. The molecule has 0 aromatic heterocycles. The molecule has 1 aromatic rings. The fraction of sp³-hybridized carbons (Fsp3) is 0.625. The molecular weight excluding hydrogens is 426 g/mol. The number of benzene rings is 1. The molecule has 3 aliphatic heterocycles. The van der Waals surface area contributed by atoms with Gasteiger partial charge in [0.15, 0.2) is 0 Å². The van der Waals surface area contributed by atoms with Gasteiger partial charge in [-0.3, -0.25) is 19.3 Å². The number of nitrogens with zero attached hydrogens (tertiary/aromatic N) is 3. The zero-order valence-electron chi connectivity index (χ0n) is 19.7. The third kappa shape index (κ3) is 6.91. The lowest BCUT2D eigenvalue weighted by atomic mass is 9.78. The quantitative estimate of drug-likeness (QED) is 0.615. The highest BCUT2D eigenvalue weighted by Gasteiger charge is 2.54. The van der Waals surface area contributed by atoms with Gasteiger partial charge in [-0.15, -0.1) is 0 Å². The number of hydrogen-bond donors (Lipinski definition) is 2. The monoisotopic (exact) mass is 463 g/mol. The molecule has 0 bridgehead atoms. The Labute approximate surface area is 195 Å². The molecule has 33 heavy (non-hydrogen) atoms. The maximum Gasteiger partial charge on any atom is 0.290 e. The van der Waals surface area contributed by atoms with Crippen LogP contribution in [0.15, 0.2) is 24.3 Å². The average molecular weight is 464 g/mol. The minimum absolute atomic E-state index is 0.163. The molecule has 2 atom stereocenters. The van der Waals surface area contributed by atoms with Crippen LogP contribution >= 0.6 is 0 Å². The van der Waals surface area contributed by atoms with Crippen LogP contribution < -0.4 is 4.74 Å². The number of carbonyl (C=O) groups is 3. The van der Waals surface area contributed by atoms with Gasteiger partial charge in [0, 0.05) is 39.3 Å². The molecule has 9 heteroatoms. The van der Waals surface area contributed by atoms with Gasteiger partial charge in [0.05, 0.1) is 12.5 Å². The van der Waals surface area contributed by atoms with Crippen molar-refractivity contribution in [2.24, 2.45) is 11.3 Å². The molecule has 0 unspecified atom stereocenters. The van der Waals surface area contributed by atoms with E-state index in [-0.39, 0.29) is 18.4 Å². The van der Waals surface area contributed by atoms with Crippen LogP contribution in [0.2, 0.25) is 0 Å². The highest BCUT2D eigenvalue weighted by atomic mass is 16.5. The van der Waals surface area contributed by atoms with Crippen LogP contribution in [-0.4, -0.2) is 96.7 Å². The van der Waals surface area contributed by atoms with E-state index in [0.29, 0.717) is 11.8 Å². The average Bonchev–Trinajstić information content (AvgIpc) is 3.50. The molecule has 4 rings (SSSR count). The first kappa shape index (κ1) is 26.6. The standard InChI is InChI=1S/C22H33N3O2.2CH2O2/c1-18-15-24(16-19-6-5-7-20(14-19)27-2)17-22(18)8-11-25(21(22)26)13-12-23-9-3-4-10-23;2*2-1-3/h5-7,14,18H,3-4,8-13,15-17H2,1-2H3;2*1H,(H,2,3)/t18-,22-;;/m1../s1. The lowest BCUT2D eigenvalue weighted by molar-refractivity contribution is -0.137. The summed E-state index contributed by atoms with van der Waals surface area (Å²) < 4.78 is 5.35. The predicted octanol–water partition coefficient (Wildman–Crippen LogP) is 1.86. The summed E-state index contributed by atoms with van der Waals surface area (Å²) >= 11 is 0. The number of rotatable bonds is 6. The summed E-state index contributed by atoms with van der Waals surface area (Å²) in [5.41, 5.74) is 1.10. The number of ether oxygens (including phenoxy) is 1. The molecule has 1 amide bonds. The van der Waals surface area contributed by atoms with Gasteiger partial charge in [-0.1, -0.05) is 19.1 Å². The van der Waals surface area contributed by atoms with Gasteiger partial charge in [-0.05, 0) is 56.0 Å². The van der Waals surface area contributed by atoms with Crippen molar-refractivity contribution in [3.63, 3.8) is 0 Å². The largest absolute Gasteiger partial charge is 0.497 e. The topological polar surface area (TPSA) is 111 Å². The molecule has 3 fully saturated rings. The van der Waals surface area contributed by atoms with E-state index in [2.05, 4.69) is 33.8 Å². The van der Waals surface area contributed by atoms with E-state index in [4.69, 9.17) is 24.5 Å². The maximum absolute atomic E-state index is 13.3. The van der Waals surface area contributed by atoms with E-state index >= 15 is 0 Å². The third-order valence-electron chi connectivity index (χ3n) is 6.95. The summed E-state index contributed by atoms with van der Waals surface area (Å²) in [6, 6.07) is 8.28. The molecule has 3 aliphatic rings. The molecular formula is C24H37N3O6. The van der Waals surface area contributed by atoms with Gasteiger partial charge in [0.2, 0.25) is 5.91 Å². The fourth-order valence-corrected chi connectivity index (χ4v) is 5.27. The van der Waals surface area contributed by atoms with Crippen molar-refractivity contribution in [3.05, 3.63) is 29.8 Å². The smallest absolute Gasteiger partial charge is 0.290 e. The summed E-state index contributed by atoms with van der Waals surface area (Å²) in [7, 11) is 1.71. The summed E-state index contributed by atoms with van der Waals surface area (Å²) in [5.74, 6) is 1.73. The first-order chi connectivity index (χ1) is 15.9. The Bertz CT molecular complexity index is 764. The number of methoxy groups -OCH3 is 1. The van der Waals surface area contributed by atoms with E-state index in [1.165, 1.54) is 31.5 Å². The second-order valence-electron chi connectivity index (χ2n) is 8.88. The predicted molar refractivity (Wildman–Crippen MR) is 124 cm³/mol. The van der Waals surface area contributed by atoms with E-state index in [1.807, 2.05) is 12.1 Å². The molecule has 184 valence electrons. The highest BCUT2D eigenvalue weighted by molar-refractivity contribution is 5.86. The van der Waals surface area contributed by atoms with Crippen molar-refractivity contribution >= 4 is 18.9 Å². The van der Waals surface area contributed by atoms with Gasteiger partial charge in [-0.2, -0.15) is 0 Å². The first-order valence-electron chi connectivity index (χ1n) is 11.5. The van der Waals surface area contributed by atoms with Crippen molar-refractivity contribution in [2.45, 2.75) is 32.7 Å². The molecule has 3 heterocycles. The number of amides is 1. The Kier molecular flexibility index (Phi) is 10.6. The van der Waals surface area contributed by atoms with Crippen LogP contribution in [0.5, 0.6) is 5.75 Å². The van der Waals surface area contributed by atoms with Crippen LogP contribution in [-0.2, 0) is 20.9 Å². The Morgan fingerprint density at radius 3 is 2.39 bits per heavy atom. The Balaban J connectivity index is 0.000000582. The van der Waals surface area contributed by atoms with Gasteiger partial charge < -0.3 is 24.7 Å². The van der Waals surface area contributed by atoms with Crippen molar-refractivity contribution < 1.29 is 29.3 Å². The van der Waals surface area contributed by atoms with Crippen LogP contribution in [0.3, 0.4) is 0 Å². The number of carbonyl (C=O) groups excluding carboxylic acids is 1. The molecule has 1 spiro atoms. The van der Waals surface area contributed by atoms with Crippen LogP contribution in [0.1, 0.15) is 31.7 Å². The highest BCUT2D eigenvalue weighted by Crippen LogP contribution is 2.45. The normalized spacial score (nSPS) is 24.7. The van der Waals surface area contributed by atoms with Crippen LogP contribution in [0.25, 0.3) is 0 Å². The van der Waals surface area contributed by atoms with Gasteiger partial charge >= 0.3 is 0 Å². The van der Waals surface area contributed by atoms with E-state index in [9.17, 15) is 4.79 Å². The van der Waals surface area contributed by atoms with Gasteiger partial charge in [-0.25, -0.2) is 0 Å². The van der Waals surface area contributed by atoms with E-state index < -0.39 is 0 Å². The Morgan fingerprint density at radius 1 is 1.09 bits per heavy atom. The van der Waals surface area contributed by atoms with Crippen LogP contribution in [0.4, 0.5) is 0 Å². The summed E-state index contributed by atoms with van der Waals surface area (Å²) in [5, 5.41) is 13.8. The second-order valence-corrected chi connectivity index (χ2v) is 8.88. The molecule has 0 aliphatic carbocycles. The number of likely N-dealkylation sites (tertiary alicyclic amines) is 3. The molecule has 2 N–H and O–H groups in total. The lowest BCUT2D eigenvalue weighted by Gasteiger charge is -2.27. The second kappa shape index (κ2) is 13.2. The van der Waals surface area contributed by atoms with Crippen molar-refractivity contribution in [1.29, 1.82) is 0 Å². The molecule has 0 saturated carbocycles. The Morgan fingerprint density at radius 2 is 1.76 bits per heavy atom. The van der Waals surface area contributed by atoms with Gasteiger partial charge in [0.25, 0.3) is 12.9 Å². The lowest BCUT2D eigenvalue weighted by Crippen LogP contribution is -2.42. The van der Waals surface area contributed by atoms with Crippen molar-refractivity contribution in [1.82, 2.24) is 14.7 Å². The minimum atomic E-state index is -0.250. The molecule has 9 nitrogen and oxygen atoms in total. The molecule has 3 saturated heterocycles. The third-order valence-corrected chi connectivity index (χ3v) is 6.95. The summed E-state index contributed by atoms with van der Waals surface area (Å²) in [6.45, 7) is 9.86. The maximum atomic E-state index is 13.3. The van der Waals surface area contributed by atoms with Crippen LogP contribution in [0, 0.1) is 11.3 Å². The minimum Gasteiger partial charge on any atom is -0.497 e. The Hall–Kier alpha value is -2.65. The van der Waals surface area contributed by atoms with Gasteiger partial charge in [0.1, 0.15) is 5.75 Å². The summed E-state index contributed by atoms with van der Waals surface area (Å²) in [4.78, 5) is 37.1. The molecule has 1 aromatic carbocycles. The number of hydrogen-bond acceptors (Lipinski definition) is 6. The van der Waals surface area contributed by atoms with E-state index in [0.717, 1.165) is 51.4 Å². The van der Waals surface area contributed by atoms with Crippen molar-refractivity contribution in [3.8, 4) is 5.75 Å². The SMILES string of the molecule is COc1cccc(CN2C[C@@H](C)[C@@]3(CCN(CCN4CCCC4)C3=O)C2)c1.O=CO.O=CO. The molecule has 0 radical (unpaired) electrons. The zero-order chi connectivity index (χ0) is 24.3.